The summed E-state index contributed by atoms with van der Waals surface area (Å²) in [6, 6.07) is 5.83. The number of fused-ring (bicyclic) bond motifs is 1. The number of hydrogen-bond acceptors (Lipinski definition) is 4. The molecule has 2 aliphatic heterocycles. The minimum atomic E-state index is -1.03. The van der Waals surface area contributed by atoms with Crippen molar-refractivity contribution in [2.75, 3.05) is 39.3 Å². The van der Waals surface area contributed by atoms with Gasteiger partial charge in [-0.3, -0.25) is 9.59 Å². The lowest BCUT2D eigenvalue weighted by atomic mass is 9.81. The molecular weight excluding hydrogens is 339 g/mol. The molecular formula is C19H23FN2O4. The van der Waals surface area contributed by atoms with Gasteiger partial charge >= 0.3 is 5.97 Å². The van der Waals surface area contributed by atoms with E-state index in [4.69, 9.17) is 4.74 Å². The van der Waals surface area contributed by atoms with E-state index in [1.165, 1.54) is 12.1 Å². The predicted octanol–water partition coefficient (Wildman–Crippen LogP) is 1.63. The van der Waals surface area contributed by atoms with E-state index in [0.29, 0.717) is 45.0 Å². The smallest absolute Gasteiger partial charge is 0.313 e. The number of carbonyl (C=O) groups excluding carboxylic acids is 1. The summed E-state index contributed by atoms with van der Waals surface area (Å²) in [5, 5.41) is 9.75. The van der Waals surface area contributed by atoms with Crippen LogP contribution in [0.2, 0.25) is 0 Å². The number of benzene rings is 1. The molecule has 2 fully saturated rings. The van der Waals surface area contributed by atoms with Crippen molar-refractivity contribution in [1.82, 2.24) is 9.80 Å². The number of ether oxygens (including phenoxy) is 1. The molecule has 0 saturated carbocycles. The van der Waals surface area contributed by atoms with Gasteiger partial charge in [-0.1, -0.05) is 6.08 Å². The standard InChI is InChI=1S/C19H23FN2O4/c1-2-8-22-13-19(18(24)25)12-21(11-16(19)17(22)23)9-3-10-26-15-6-4-14(20)5-7-15/h2,4-7,16H,1,3,8-13H2,(H,24,25)/t16-,19-/m0/s1. The summed E-state index contributed by atoms with van der Waals surface area (Å²) in [4.78, 5) is 28.0. The Morgan fingerprint density at radius 2 is 2.12 bits per heavy atom. The van der Waals surface area contributed by atoms with Crippen LogP contribution in [0.25, 0.3) is 0 Å². The monoisotopic (exact) mass is 362 g/mol. The maximum absolute atomic E-state index is 12.9. The lowest BCUT2D eigenvalue weighted by molar-refractivity contribution is -0.149. The molecule has 1 amide bonds. The Bertz CT molecular complexity index is 693. The predicted molar refractivity (Wildman–Crippen MR) is 93.3 cm³/mol. The molecule has 2 saturated heterocycles. The van der Waals surface area contributed by atoms with Gasteiger partial charge in [0.25, 0.3) is 0 Å². The fraction of sp³-hybridized carbons (Fsp3) is 0.474. The molecule has 2 heterocycles. The van der Waals surface area contributed by atoms with Gasteiger partial charge in [0, 0.05) is 32.7 Å². The van der Waals surface area contributed by atoms with E-state index in [1.54, 1.807) is 23.1 Å². The SMILES string of the molecule is C=CCN1C[C@@]2(C(=O)O)CN(CCCOc3ccc(F)cc3)C[C@H]2C1=O. The van der Waals surface area contributed by atoms with Gasteiger partial charge in [-0.15, -0.1) is 6.58 Å². The Labute approximate surface area is 151 Å². The fourth-order valence-electron chi connectivity index (χ4n) is 3.89. The topological polar surface area (TPSA) is 70.1 Å². The molecule has 3 rings (SSSR count). The van der Waals surface area contributed by atoms with E-state index in [-0.39, 0.29) is 18.3 Å². The van der Waals surface area contributed by atoms with Crippen LogP contribution in [-0.2, 0) is 9.59 Å². The highest BCUT2D eigenvalue weighted by Gasteiger charge is 2.61. The van der Waals surface area contributed by atoms with Gasteiger partial charge in [0.05, 0.1) is 12.5 Å². The third-order valence-electron chi connectivity index (χ3n) is 5.17. The van der Waals surface area contributed by atoms with Crippen LogP contribution in [0.1, 0.15) is 6.42 Å². The summed E-state index contributed by atoms with van der Waals surface area (Å²) in [6.45, 7) is 6.17. The Morgan fingerprint density at radius 1 is 1.38 bits per heavy atom. The van der Waals surface area contributed by atoms with Crippen LogP contribution in [0.5, 0.6) is 5.75 Å². The van der Waals surface area contributed by atoms with Crippen LogP contribution in [0.3, 0.4) is 0 Å². The second-order valence-electron chi connectivity index (χ2n) is 6.91. The quantitative estimate of drug-likeness (QED) is 0.562. The first-order valence-corrected chi connectivity index (χ1v) is 8.70. The van der Waals surface area contributed by atoms with Crippen LogP contribution >= 0.6 is 0 Å². The molecule has 7 heteroatoms. The van der Waals surface area contributed by atoms with Crippen LogP contribution in [0.4, 0.5) is 4.39 Å². The van der Waals surface area contributed by atoms with Crippen molar-refractivity contribution < 1.29 is 23.8 Å². The van der Waals surface area contributed by atoms with Crippen molar-refractivity contribution in [2.24, 2.45) is 11.3 Å². The van der Waals surface area contributed by atoms with E-state index in [0.717, 1.165) is 0 Å². The lowest BCUT2D eigenvalue weighted by Crippen LogP contribution is -2.41. The third kappa shape index (κ3) is 3.44. The van der Waals surface area contributed by atoms with E-state index in [1.807, 2.05) is 4.90 Å². The molecule has 0 bridgehead atoms. The van der Waals surface area contributed by atoms with Gasteiger partial charge in [-0.05, 0) is 30.7 Å². The molecule has 1 aromatic carbocycles. The highest BCUT2D eigenvalue weighted by molar-refractivity contribution is 5.92. The summed E-state index contributed by atoms with van der Waals surface area (Å²) in [7, 11) is 0. The van der Waals surface area contributed by atoms with E-state index >= 15 is 0 Å². The molecule has 1 N–H and O–H groups in total. The molecule has 0 spiro atoms. The van der Waals surface area contributed by atoms with Gasteiger partial charge in [0.15, 0.2) is 0 Å². The van der Waals surface area contributed by atoms with Gasteiger partial charge in [-0.25, -0.2) is 4.39 Å². The van der Waals surface area contributed by atoms with Gasteiger partial charge in [0.1, 0.15) is 17.0 Å². The fourth-order valence-corrected chi connectivity index (χ4v) is 3.89. The zero-order valence-corrected chi connectivity index (χ0v) is 14.6. The highest BCUT2D eigenvalue weighted by atomic mass is 19.1. The number of amides is 1. The molecule has 1 aromatic rings. The molecule has 0 aromatic heterocycles. The number of likely N-dealkylation sites (tertiary alicyclic amines) is 2. The molecule has 2 atom stereocenters. The first-order chi connectivity index (χ1) is 12.5. The number of hydrogen-bond donors (Lipinski definition) is 1. The van der Waals surface area contributed by atoms with Crippen molar-refractivity contribution in [1.29, 1.82) is 0 Å². The zero-order valence-electron chi connectivity index (χ0n) is 14.6. The summed E-state index contributed by atoms with van der Waals surface area (Å²) in [6.07, 6.45) is 2.32. The molecule has 0 unspecified atom stereocenters. The molecule has 0 radical (unpaired) electrons. The summed E-state index contributed by atoms with van der Waals surface area (Å²) < 4.78 is 18.4. The number of carboxylic acids is 1. The summed E-state index contributed by atoms with van der Waals surface area (Å²) in [5.74, 6) is -1.22. The van der Waals surface area contributed by atoms with Crippen molar-refractivity contribution in [3.63, 3.8) is 0 Å². The molecule has 0 aliphatic carbocycles. The Hall–Kier alpha value is -2.41. The van der Waals surface area contributed by atoms with Crippen molar-refractivity contribution in [2.45, 2.75) is 6.42 Å². The van der Waals surface area contributed by atoms with Crippen LogP contribution < -0.4 is 4.74 Å². The Morgan fingerprint density at radius 3 is 2.73 bits per heavy atom. The van der Waals surface area contributed by atoms with Gasteiger partial charge in [0.2, 0.25) is 5.91 Å². The number of nitrogens with zero attached hydrogens (tertiary/aromatic N) is 2. The molecule has 2 aliphatic rings. The minimum absolute atomic E-state index is 0.0997. The van der Waals surface area contributed by atoms with Crippen molar-refractivity contribution >= 4 is 11.9 Å². The minimum Gasteiger partial charge on any atom is -0.494 e. The largest absolute Gasteiger partial charge is 0.494 e. The Kier molecular flexibility index (Phi) is 5.27. The Balaban J connectivity index is 1.52. The summed E-state index contributed by atoms with van der Waals surface area (Å²) >= 11 is 0. The second kappa shape index (κ2) is 7.45. The van der Waals surface area contributed by atoms with Crippen molar-refractivity contribution in [3.05, 3.63) is 42.7 Å². The summed E-state index contributed by atoms with van der Waals surface area (Å²) in [5.41, 5.74) is -1.03. The van der Waals surface area contributed by atoms with Crippen LogP contribution in [-0.4, -0.2) is 66.1 Å². The van der Waals surface area contributed by atoms with Gasteiger partial charge < -0.3 is 19.6 Å². The first kappa shape index (κ1) is 18.4. The number of rotatable bonds is 8. The van der Waals surface area contributed by atoms with E-state index < -0.39 is 17.3 Å². The maximum atomic E-state index is 12.9. The molecule has 26 heavy (non-hydrogen) atoms. The molecule has 140 valence electrons. The lowest BCUT2D eigenvalue weighted by Gasteiger charge is -2.24. The van der Waals surface area contributed by atoms with Crippen LogP contribution in [0.15, 0.2) is 36.9 Å². The third-order valence-corrected chi connectivity index (χ3v) is 5.17. The average molecular weight is 362 g/mol. The number of aliphatic carboxylic acids is 1. The highest BCUT2D eigenvalue weighted by Crippen LogP contribution is 2.43. The van der Waals surface area contributed by atoms with Crippen LogP contribution in [0, 0.1) is 17.2 Å². The second-order valence-corrected chi connectivity index (χ2v) is 6.91. The normalized spacial score (nSPS) is 25.3. The number of carbonyl (C=O) groups is 2. The van der Waals surface area contributed by atoms with E-state index in [2.05, 4.69) is 6.58 Å². The zero-order chi connectivity index (χ0) is 18.7. The maximum Gasteiger partial charge on any atom is 0.313 e. The van der Waals surface area contributed by atoms with E-state index in [9.17, 15) is 19.1 Å². The molecule has 6 nitrogen and oxygen atoms in total. The first-order valence-electron chi connectivity index (χ1n) is 8.70. The number of halogens is 1. The van der Waals surface area contributed by atoms with Gasteiger partial charge in [-0.2, -0.15) is 0 Å². The van der Waals surface area contributed by atoms with Crippen molar-refractivity contribution in [3.8, 4) is 5.75 Å². The number of carboxylic acid groups (broad SMARTS) is 1. The average Bonchev–Trinajstić information content (AvgIpc) is 3.10.